The Labute approximate surface area is 249 Å². The first-order chi connectivity index (χ1) is 19.6. The van der Waals surface area contributed by atoms with Crippen LogP contribution in [0, 0.1) is 0 Å². The van der Waals surface area contributed by atoms with E-state index in [4.69, 9.17) is 31.9 Å². The van der Waals surface area contributed by atoms with Crippen molar-refractivity contribution >= 4 is 35.8 Å². The smallest absolute Gasteiger partial charge is 0.329 e. The molecular weight excluding hydrogens is 554 g/mol. The predicted molar refractivity (Wildman–Crippen MR) is 160 cm³/mol. The van der Waals surface area contributed by atoms with Gasteiger partial charge in [0.05, 0.1) is 32.0 Å². The standard InChI is InChI=1S/C16H32O.C12H23N3O8S/c1-2-3-4-5-6-7-8-9-10-11-12-13-14-15-16-17;13-7(2-17)10(20)15(9(3-18)12(22)23)11(21)8(14)5-24-4-6(19)1-16/h16H,2-15H2,1H3;6-9,16-19H,1-5,13-14H2,(H,22,23). The van der Waals surface area contributed by atoms with Crippen molar-refractivity contribution < 1.29 is 44.7 Å². The van der Waals surface area contributed by atoms with E-state index in [0.29, 0.717) is 0 Å². The van der Waals surface area contributed by atoms with Crippen molar-refractivity contribution in [2.75, 3.05) is 31.3 Å². The molecule has 0 aliphatic rings. The number of hydrogen-bond donors (Lipinski definition) is 7. The van der Waals surface area contributed by atoms with Crippen LogP contribution in [0.5, 0.6) is 0 Å². The average molecular weight is 610 g/mol. The average Bonchev–Trinajstić information content (AvgIpc) is 2.96. The third kappa shape index (κ3) is 21.7. The van der Waals surface area contributed by atoms with E-state index in [-0.39, 0.29) is 16.4 Å². The second kappa shape index (κ2) is 28.5. The first-order valence-electron chi connectivity index (χ1n) is 14.8. The van der Waals surface area contributed by atoms with Crippen LogP contribution in [0.1, 0.15) is 96.8 Å². The molecule has 4 atom stereocenters. The van der Waals surface area contributed by atoms with E-state index in [9.17, 15) is 24.3 Å². The number of rotatable bonds is 25. The summed E-state index contributed by atoms with van der Waals surface area (Å²) in [5, 5.41) is 45.0. The Morgan fingerprint density at radius 3 is 1.59 bits per heavy atom. The van der Waals surface area contributed by atoms with E-state index >= 15 is 0 Å². The van der Waals surface area contributed by atoms with Crippen LogP contribution in [-0.4, -0.2) is 110 Å². The molecule has 9 N–H and O–H groups in total. The summed E-state index contributed by atoms with van der Waals surface area (Å²) in [4.78, 5) is 45.8. The number of aliphatic carboxylic acids is 1. The minimum Gasteiger partial charge on any atom is -0.480 e. The van der Waals surface area contributed by atoms with E-state index in [1.165, 1.54) is 77.0 Å². The Bertz CT molecular complexity index is 688. The quantitative estimate of drug-likeness (QED) is 0.0572. The van der Waals surface area contributed by atoms with Crippen molar-refractivity contribution in [2.45, 2.75) is 121 Å². The lowest BCUT2D eigenvalue weighted by atomic mass is 10.0. The highest BCUT2D eigenvalue weighted by molar-refractivity contribution is 7.99. The molecular formula is C28H55N3O9S. The highest BCUT2D eigenvalue weighted by Crippen LogP contribution is 2.13. The molecule has 0 aliphatic heterocycles. The van der Waals surface area contributed by atoms with Gasteiger partial charge in [-0.1, -0.05) is 84.0 Å². The molecule has 12 nitrogen and oxygen atoms in total. The molecule has 0 heterocycles. The molecule has 4 unspecified atom stereocenters. The summed E-state index contributed by atoms with van der Waals surface area (Å²) in [7, 11) is 0. The summed E-state index contributed by atoms with van der Waals surface area (Å²) < 4.78 is 0. The molecule has 0 aromatic heterocycles. The fraction of sp³-hybridized carbons (Fsp3) is 0.857. The van der Waals surface area contributed by atoms with Gasteiger partial charge in [-0.15, -0.1) is 0 Å². The Morgan fingerprint density at radius 2 is 1.20 bits per heavy atom. The zero-order valence-electron chi connectivity index (χ0n) is 24.7. The van der Waals surface area contributed by atoms with Gasteiger partial charge >= 0.3 is 5.97 Å². The van der Waals surface area contributed by atoms with Gasteiger partial charge in [0.15, 0.2) is 6.04 Å². The minimum atomic E-state index is -1.89. The van der Waals surface area contributed by atoms with E-state index in [2.05, 4.69) is 6.92 Å². The molecule has 0 spiro atoms. The van der Waals surface area contributed by atoms with Crippen LogP contribution >= 0.6 is 11.8 Å². The lowest BCUT2D eigenvalue weighted by molar-refractivity contribution is -0.161. The summed E-state index contributed by atoms with van der Waals surface area (Å²) in [5.41, 5.74) is 11.0. The lowest BCUT2D eigenvalue weighted by Gasteiger charge is -2.29. The third-order valence-electron chi connectivity index (χ3n) is 6.32. The number of aldehydes is 1. The van der Waals surface area contributed by atoms with Crippen LogP contribution in [-0.2, 0) is 19.2 Å². The van der Waals surface area contributed by atoms with Gasteiger partial charge in [0, 0.05) is 17.9 Å². The Kier molecular flexibility index (Phi) is 28.9. The molecule has 13 heteroatoms. The van der Waals surface area contributed by atoms with Crippen molar-refractivity contribution in [2.24, 2.45) is 11.5 Å². The van der Waals surface area contributed by atoms with E-state index in [1.54, 1.807) is 0 Å². The maximum atomic E-state index is 12.3. The number of nitrogens with two attached hydrogens (primary N) is 2. The molecule has 0 radical (unpaired) electrons. The van der Waals surface area contributed by atoms with Crippen LogP contribution in [0.4, 0.5) is 0 Å². The molecule has 2 amide bonds. The first-order valence-corrected chi connectivity index (χ1v) is 15.9. The van der Waals surface area contributed by atoms with Crippen molar-refractivity contribution in [1.82, 2.24) is 4.90 Å². The van der Waals surface area contributed by atoms with Gasteiger partial charge in [-0.05, 0) is 6.42 Å². The number of nitrogens with zero attached hydrogens (tertiary/aromatic N) is 1. The Balaban J connectivity index is 0. The molecule has 0 rings (SSSR count). The molecule has 0 aromatic carbocycles. The fourth-order valence-electron chi connectivity index (χ4n) is 3.82. The highest BCUT2D eigenvalue weighted by Gasteiger charge is 2.38. The largest absolute Gasteiger partial charge is 0.480 e. The molecule has 242 valence electrons. The van der Waals surface area contributed by atoms with Gasteiger partial charge in [0.25, 0.3) is 0 Å². The predicted octanol–water partition coefficient (Wildman–Crippen LogP) is 1.19. The summed E-state index contributed by atoms with van der Waals surface area (Å²) in [6.07, 6.45) is 18.6. The summed E-state index contributed by atoms with van der Waals surface area (Å²) in [6, 6.07) is -4.75. The topological polar surface area (TPSA) is 225 Å². The second-order valence-corrected chi connectivity index (χ2v) is 11.1. The third-order valence-corrected chi connectivity index (χ3v) is 7.53. The minimum absolute atomic E-state index is 0.0734. The highest BCUT2D eigenvalue weighted by atomic mass is 32.2. The van der Waals surface area contributed by atoms with Gasteiger partial charge in [0.1, 0.15) is 12.3 Å². The number of carbonyl (C=O) groups excluding carboxylic acids is 3. The molecule has 0 aromatic rings. The Morgan fingerprint density at radius 1 is 0.732 bits per heavy atom. The van der Waals surface area contributed by atoms with Gasteiger partial charge in [-0.2, -0.15) is 11.8 Å². The molecule has 0 aliphatic carbocycles. The van der Waals surface area contributed by atoms with E-state index in [0.717, 1.165) is 30.9 Å². The van der Waals surface area contributed by atoms with Crippen LogP contribution in [0.15, 0.2) is 0 Å². The van der Waals surface area contributed by atoms with Gasteiger partial charge in [0.2, 0.25) is 11.8 Å². The SMILES string of the molecule is CCCCCCCCCCCCCCCC=O.NC(CO)C(=O)N(C(=O)C(N)CSCC(O)CO)C(CO)C(=O)O. The van der Waals surface area contributed by atoms with E-state index in [1.807, 2.05) is 0 Å². The van der Waals surface area contributed by atoms with Crippen molar-refractivity contribution in [3.63, 3.8) is 0 Å². The number of hydrogen-bond acceptors (Lipinski definition) is 11. The monoisotopic (exact) mass is 609 g/mol. The number of aliphatic hydroxyl groups is 4. The number of amides is 2. The zero-order chi connectivity index (χ0) is 31.5. The number of thioether (sulfide) groups is 1. The van der Waals surface area contributed by atoms with Gasteiger partial charge in [-0.3, -0.25) is 14.5 Å². The second-order valence-electron chi connectivity index (χ2n) is 10.1. The van der Waals surface area contributed by atoms with Crippen molar-refractivity contribution in [3.8, 4) is 0 Å². The number of carboxylic acid groups (broad SMARTS) is 1. The van der Waals surface area contributed by atoms with Gasteiger partial charge < -0.3 is 41.8 Å². The lowest BCUT2D eigenvalue weighted by Crippen LogP contribution is -2.60. The number of aliphatic hydroxyl groups excluding tert-OH is 4. The molecule has 0 saturated carbocycles. The maximum absolute atomic E-state index is 12.3. The molecule has 0 bridgehead atoms. The summed E-state index contributed by atoms with van der Waals surface area (Å²) in [5.74, 6) is -3.91. The van der Waals surface area contributed by atoms with Crippen LogP contribution in [0.25, 0.3) is 0 Å². The van der Waals surface area contributed by atoms with E-state index < -0.39 is 61.8 Å². The number of imide groups is 1. The van der Waals surface area contributed by atoms with Gasteiger partial charge in [-0.25, -0.2) is 4.79 Å². The first kappa shape index (κ1) is 41.5. The normalized spacial score (nSPS) is 13.8. The van der Waals surface area contributed by atoms with Crippen molar-refractivity contribution in [1.29, 1.82) is 0 Å². The number of carbonyl (C=O) groups is 4. The number of carboxylic acids is 1. The zero-order valence-corrected chi connectivity index (χ0v) is 25.5. The van der Waals surface area contributed by atoms with Crippen LogP contribution in [0.3, 0.4) is 0 Å². The number of unbranched alkanes of at least 4 members (excludes halogenated alkanes) is 13. The summed E-state index contributed by atoms with van der Waals surface area (Å²) >= 11 is 1.01. The summed E-state index contributed by atoms with van der Waals surface area (Å²) in [6.45, 7) is -0.0754. The maximum Gasteiger partial charge on any atom is 0.329 e. The Hall–Kier alpha value is -1.61. The van der Waals surface area contributed by atoms with Crippen LogP contribution < -0.4 is 11.5 Å². The molecule has 0 fully saturated rings. The van der Waals surface area contributed by atoms with Crippen LogP contribution in [0.2, 0.25) is 0 Å². The molecule has 41 heavy (non-hydrogen) atoms. The fourth-order valence-corrected chi connectivity index (χ4v) is 4.73. The van der Waals surface area contributed by atoms with Crippen molar-refractivity contribution in [3.05, 3.63) is 0 Å². The molecule has 0 saturated heterocycles.